The van der Waals surface area contributed by atoms with Crippen molar-refractivity contribution in [2.75, 3.05) is 0 Å². The van der Waals surface area contributed by atoms with Gasteiger partial charge in [0.1, 0.15) is 12.4 Å². The maximum atomic E-state index is 5.94. The summed E-state index contributed by atoms with van der Waals surface area (Å²) in [6.07, 6.45) is 0. The highest BCUT2D eigenvalue weighted by molar-refractivity contribution is 7.17. The number of benzene rings is 2. The highest BCUT2D eigenvalue weighted by Gasteiger charge is 2.06. The summed E-state index contributed by atoms with van der Waals surface area (Å²) in [4.78, 5) is 0. The predicted octanol–water partition coefficient (Wildman–Crippen LogP) is 5.10. The molecule has 1 heterocycles. The molecular weight excluding hydrogens is 252 g/mol. The second kappa shape index (κ2) is 5.06. The summed E-state index contributed by atoms with van der Waals surface area (Å²) in [7, 11) is 0. The average molecular weight is 268 g/mol. The molecule has 1 nitrogen and oxygen atoms in total. The van der Waals surface area contributed by atoms with Gasteiger partial charge in [0, 0.05) is 10.3 Å². The van der Waals surface area contributed by atoms with Crippen LogP contribution >= 0.6 is 11.3 Å². The third kappa shape index (κ3) is 2.49. The Morgan fingerprint density at radius 2 is 1.89 bits per heavy atom. The summed E-state index contributed by atoms with van der Waals surface area (Å²) >= 11 is 1.78. The minimum absolute atomic E-state index is 0.633. The molecule has 0 bridgehead atoms. The molecule has 0 aliphatic heterocycles. The van der Waals surface area contributed by atoms with Gasteiger partial charge in [-0.2, -0.15) is 0 Å². The zero-order valence-corrected chi connectivity index (χ0v) is 12.0. The van der Waals surface area contributed by atoms with E-state index in [9.17, 15) is 0 Å². The zero-order chi connectivity index (χ0) is 13.2. The first kappa shape index (κ1) is 12.2. The van der Waals surface area contributed by atoms with Crippen LogP contribution < -0.4 is 4.74 Å². The van der Waals surface area contributed by atoms with Gasteiger partial charge in [-0.15, -0.1) is 11.3 Å². The standard InChI is InChI=1S/C17H16OS/c1-12-7-8-17-15(9-12)14(11-19-17)10-18-16-6-4-3-5-13(16)2/h3-9,11H,10H2,1-2H3. The van der Waals surface area contributed by atoms with Crippen molar-refractivity contribution in [1.29, 1.82) is 0 Å². The number of aryl methyl sites for hydroxylation is 2. The first-order valence-electron chi connectivity index (χ1n) is 6.39. The van der Waals surface area contributed by atoms with Gasteiger partial charge < -0.3 is 4.74 Å². The lowest BCUT2D eigenvalue weighted by Crippen LogP contribution is -1.95. The summed E-state index contributed by atoms with van der Waals surface area (Å²) in [5.74, 6) is 0.967. The summed E-state index contributed by atoms with van der Waals surface area (Å²) in [6, 6.07) is 14.7. The summed E-state index contributed by atoms with van der Waals surface area (Å²) < 4.78 is 7.26. The van der Waals surface area contributed by atoms with Crippen molar-refractivity contribution in [3.8, 4) is 5.75 Å². The lowest BCUT2D eigenvalue weighted by Gasteiger charge is -2.08. The fourth-order valence-corrected chi connectivity index (χ4v) is 3.11. The van der Waals surface area contributed by atoms with Crippen molar-refractivity contribution in [3.63, 3.8) is 0 Å². The smallest absolute Gasteiger partial charge is 0.122 e. The minimum atomic E-state index is 0.633. The van der Waals surface area contributed by atoms with E-state index in [2.05, 4.69) is 43.5 Å². The number of hydrogen-bond acceptors (Lipinski definition) is 2. The highest BCUT2D eigenvalue weighted by Crippen LogP contribution is 2.28. The third-order valence-electron chi connectivity index (χ3n) is 3.29. The van der Waals surface area contributed by atoms with Crippen LogP contribution in [0.1, 0.15) is 16.7 Å². The molecule has 0 aliphatic rings. The Balaban J connectivity index is 1.86. The second-order valence-corrected chi connectivity index (χ2v) is 5.73. The van der Waals surface area contributed by atoms with Crippen molar-refractivity contribution in [2.24, 2.45) is 0 Å². The maximum Gasteiger partial charge on any atom is 0.122 e. The van der Waals surface area contributed by atoms with Crippen LogP contribution in [0.2, 0.25) is 0 Å². The van der Waals surface area contributed by atoms with E-state index in [-0.39, 0.29) is 0 Å². The van der Waals surface area contributed by atoms with Crippen molar-refractivity contribution < 1.29 is 4.74 Å². The maximum absolute atomic E-state index is 5.94. The molecule has 0 unspecified atom stereocenters. The first-order chi connectivity index (χ1) is 9.24. The SMILES string of the molecule is Cc1ccc2scc(COc3ccccc3C)c2c1. The average Bonchev–Trinajstić information content (AvgIpc) is 2.80. The molecule has 0 radical (unpaired) electrons. The second-order valence-electron chi connectivity index (χ2n) is 4.81. The Bertz CT molecular complexity index is 712. The van der Waals surface area contributed by atoms with E-state index < -0.39 is 0 Å². The van der Waals surface area contributed by atoms with Crippen molar-refractivity contribution in [2.45, 2.75) is 20.5 Å². The van der Waals surface area contributed by atoms with Crippen LogP contribution in [0.15, 0.2) is 47.8 Å². The Morgan fingerprint density at radius 3 is 2.74 bits per heavy atom. The molecule has 2 aromatic carbocycles. The molecule has 0 N–H and O–H groups in total. The number of rotatable bonds is 3. The van der Waals surface area contributed by atoms with E-state index in [4.69, 9.17) is 4.74 Å². The van der Waals surface area contributed by atoms with Gasteiger partial charge in [0.15, 0.2) is 0 Å². The van der Waals surface area contributed by atoms with Crippen LogP contribution in [-0.4, -0.2) is 0 Å². The molecule has 0 spiro atoms. The van der Waals surface area contributed by atoms with Crippen LogP contribution in [-0.2, 0) is 6.61 Å². The van der Waals surface area contributed by atoms with Gasteiger partial charge in [-0.1, -0.05) is 35.9 Å². The lowest BCUT2D eigenvalue weighted by atomic mass is 10.1. The minimum Gasteiger partial charge on any atom is -0.489 e. The molecule has 0 aliphatic carbocycles. The number of fused-ring (bicyclic) bond motifs is 1. The monoisotopic (exact) mass is 268 g/mol. The van der Waals surface area contributed by atoms with Crippen LogP contribution in [0.3, 0.4) is 0 Å². The van der Waals surface area contributed by atoms with Crippen LogP contribution in [0.5, 0.6) is 5.75 Å². The fourth-order valence-electron chi connectivity index (χ4n) is 2.18. The van der Waals surface area contributed by atoms with Crippen molar-refractivity contribution in [1.82, 2.24) is 0 Å². The van der Waals surface area contributed by atoms with Gasteiger partial charge in [-0.25, -0.2) is 0 Å². The van der Waals surface area contributed by atoms with Gasteiger partial charge in [-0.05, 0) is 42.3 Å². The van der Waals surface area contributed by atoms with Crippen molar-refractivity contribution in [3.05, 3.63) is 64.5 Å². The molecule has 0 fully saturated rings. The molecule has 1 aromatic heterocycles. The Hall–Kier alpha value is -1.80. The van der Waals surface area contributed by atoms with Crippen molar-refractivity contribution >= 4 is 21.4 Å². The van der Waals surface area contributed by atoms with Gasteiger partial charge in [0.25, 0.3) is 0 Å². The molecule has 0 saturated heterocycles. The summed E-state index contributed by atoms with van der Waals surface area (Å²) in [6.45, 7) is 4.84. The Kier molecular flexibility index (Phi) is 3.26. The van der Waals surface area contributed by atoms with E-state index in [0.717, 1.165) is 5.75 Å². The Labute approximate surface area is 117 Å². The number of thiophene rings is 1. The molecule has 0 saturated carbocycles. The third-order valence-corrected chi connectivity index (χ3v) is 4.30. The lowest BCUT2D eigenvalue weighted by molar-refractivity contribution is 0.306. The number of para-hydroxylation sites is 1. The van der Waals surface area contributed by atoms with E-state index in [1.807, 2.05) is 18.2 Å². The topological polar surface area (TPSA) is 9.23 Å². The van der Waals surface area contributed by atoms with Crippen LogP contribution in [0.25, 0.3) is 10.1 Å². The quantitative estimate of drug-likeness (QED) is 0.642. The zero-order valence-electron chi connectivity index (χ0n) is 11.1. The number of ether oxygens (including phenoxy) is 1. The normalized spacial score (nSPS) is 10.8. The highest BCUT2D eigenvalue weighted by atomic mass is 32.1. The van der Waals surface area contributed by atoms with E-state index in [1.54, 1.807) is 11.3 Å². The molecular formula is C17H16OS. The first-order valence-corrected chi connectivity index (χ1v) is 7.27. The number of hydrogen-bond donors (Lipinski definition) is 0. The van der Waals surface area contributed by atoms with Gasteiger partial charge in [0.2, 0.25) is 0 Å². The summed E-state index contributed by atoms with van der Waals surface area (Å²) in [5.41, 5.74) is 3.74. The van der Waals surface area contributed by atoms with E-state index in [1.165, 1.54) is 26.8 Å². The molecule has 96 valence electrons. The Morgan fingerprint density at radius 1 is 1.05 bits per heavy atom. The predicted molar refractivity (Wildman–Crippen MR) is 82.1 cm³/mol. The van der Waals surface area contributed by atoms with E-state index in [0.29, 0.717) is 6.61 Å². The molecule has 3 rings (SSSR count). The largest absolute Gasteiger partial charge is 0.489 e. The molecule has 0 atom stereocenters. The van der Waals surface area contributed by atoms with Gasteiger partial charge >= 0.3 is 0 Å². The molecule has 19 heavy (non-hydrogen) atoms. The van der Waals surface area contributed by atoms with Crippen LogP contribution in [0.4, 0.5) is 0 Å². The fraction of sp³-hybridized carbons (Fsp3) is 0.176. The molecule has 0 amide bonds. The molecule has 2 heteroatoms. The van der Waals surface area contributed by atoms with Gasteiger partial charge in [0.05, 0.1) is 0 Å². The molecule has 3 aromatic rings. The van der Waals surface area contributed by atoms with Gasteiger partial charge in [-0.3, -0.25) is 0 Å². The van der Waals surface area contributed by atoms with Crippen LogP contribution in [0, 0.1) is 13.8 Å². The summed E-state index contributed by atoms with van der Waals surface area (Å²) in [5, 5.41) is 3.51. The van der Waals surface area contributed by atoms with E-state index >= 15 is 0 Å².